The van der Waals surface area contributed by atoms with Gasteiger partial charge >= 0.3 is 6.18 Å². The first kappa shape index (κ1) is 30.7. The molecule has 1 unspecified atom stereocenters. The summed E-state index contributed by atoms with van der Waals surface area (Å²) in [5.41, 5.74) is 1.32. The second-order valence-electron chi connectivity index (χ2n) is 11.8. The number of amides is 1. The van der Waals surface area contributed by atoms with Crippen molar-refractivity contribution in [3.8, 4) is 0 Å². The Labute approximate surface area is 245 Å². The zero-order valence-electron chi connectivity index (χ0n) is 24.3. The van der Waals surface area contributed by atoms with Crippen molar-refractivity contribution in [2.75, 3.05) is 57.5 Å². The van der Waals surface area contributed by atoms with E-state index in [1.54, 1.807) is 19.2 Å². The fraction of sp³-hybridized carbons (Fsp3) is 0.621. The Morgan fingerprint density at radius 1 is 0.952 bits per heavy atom. The van der Waals surface area contributed by atoms with Crippen LogP contribution in [0.4, 0.5) is 19.0 Å². The number of hydrogen-bond acceptors (Lipinski definition) is 7. The van der Waals surface area contributed by atoms with Crippen LogP contribution >= 0.6 is 0 Å². The summed E-state index contributed by atoms with van der Waals surface area (Å²) in [5, 5.41) is 0. The highest BCUT2D eigenvalue weighted by atomic mass is 32.2. The fourth-order valence-corrected chi connectivity index (χ4v) is 7.37. The van der Waals surface area contributed by atoms with E-state index in [1.165, 1.54) is 16.9 Å². The number of piperidine rings is 2. The predicted octanol–water partition coefficient (Wildman–Crippen LogP) is 3.76. The smallest absolute Gasteiger partial charge is 0.356 e. The van der Waals surface area contributed by atoms with Crippen LogP contribution in [0.2, 0.25) is 0 Å². The molecular formula is C29H39F3N6O3S. The van der Waals surface area contributed by atoms with Gasteiger partial charge < -0.3 is 14.7 Å². The lowest BCUT2D eigenvalue weighted by Gasteiger charge is -2.43. The summed E-state index contributed by atoms with van der Waals surface area (Å²) in [6, 6.07) is 5.78. The molecule has 3 aliphatic rings. The molecule has 3 saturated heterocycles. The fourth-order valence-electron chi connectivity index (χ4n) is 6.61. The van der Waals surface area contributed by atoms with Crippen LogP contribution in [0.15, 0.2) is 30.6 Å². The topological polar surface area (TPSA) is 90.0 Å². The normalized spacial score (nSPS) is 21.8. The van der Waals surface area contributed by atoms with Crippen molar-refractivity contribution < 1.29 is 26.4 Å². The third kappa shape index (κ3) is 6.57. The number of carbonyl (C=O) groups is 1. The molecule has 1 aromatic carbocycles. The van der Waals surface area contributed by atoms with Crippen molar-refractivity contribution >= 4 is 21.7 Å². The molecule has 13 heteroatoms. The van der Waals surface area contributed by atoms with Crippen LogP contribution in [0.3, 0.4) is 0 Å². The van der Waals surface area contributed by atoms with Crippen LogP contribution in [0, 0.1) is 6.92 Å². The second-order valence-corrected chi connectivity index (χ2v) is 13.8. The molecule has 0 bridgehead atoms. The van der Waals surface area contributed by atoms with Crippen molar-refractivity contribution in [3.05, 3.63) is 53.0 Å². The number of nitrogens with zero attached hydrogens (tertiary/aromatic N) is 6. The first-order chi connectivity index (χ1) is 19.8. The number of benzene rings is 1. The lowest BCUT2D eigenvalue weighted by atomic mass is 9.97. The number of halogens is 3. The van der Waals surface area contributed by atoms with Crippen molar-refractivity contribution in [1.29, 1.82) is 0 Å². The minimum atomic E-state index is -4.35. The molecule has 3 aliphatic heterocycles. The Morgan fingerprint density at radius 2 is 1.60 bits per heavy atom. The quantitative estimate of drug-likeness (QED) is 0.494. The number of carbonyl (C=O) groups excluding carboxylic acids is 1. The first-order valence-electron chi connectivity index (χ1n) is 14.5. The molecule has 1 aromatic heterocycles. The molecule has 0 saturated carbocycles. The monoisotopic (exact) mass is 608 g/mol. The van der Waals surface area contributed by atoms with E-state index < -0.39 is 21.8 Å². The predicted molar refractivity (Wildman–Crippen MR) is 154 cm³/mol. The molecular weight excluding hydrogens is 569 g/mol. The Bertz CT molecular complexity index is 1370. The van der Waals surface area contributed by atoms with Crippen molar-refractivity contribution in [1.82, 2.24) is 24.1 Å². The standard InChI is InChI=1S/C29H39F3N6O3S/c1-20-26(28(39)37-16-11-25(12-17-37)36-14-9-24(10-15-36)35(2)42(3,40)41)33-19-34-27(20)38-13-8-22(18-38)21-4-6-23(7-5-21)29(30,31)32/h4-7,19,22,24-25H,8-18H2,1-3H3. The van der Waals surface area contributed by atoms with Gasteiger partial charge in [0.1, 0.15) is 17.8 Å². The van der Waals surface area contributed by atoms with Crippen LogP contribution in [-0.2, 0) is 16.2 Å². The maximum atomic E-state index is 13.5. The molecule has 4 heterocycles. The van der Waals surface area contributed by atoms with Gasteiger partial charge in [-0.05, 0) is 69.8 Å². The summed E-state index contributed by atoms with van der Waals surface area (Å²) in [4.78, 5) is 28.7. The van der Waals surface area contributed by atoms with Gasteiger partial charge in [0, 0.05) is 56.8 Å². The van der Waals surface area contributed by atoms with Crippen LogP contribution in [0.25, 0.3) is 0 Å². The van der Waals surface area contributed by atoms with E-state index in [4.69, 9.17) is 0 Å². The SMILES string of the molecule is Cc1c(C(=O)N2CCC(N3CCC(N(C)S(C)(=O)=O)CC3)CC2)ncnc1N1CCC(c2ccc(C(F)(F)F)cc2)C1. The second kappa shape index (κ2) is 12.1. The Hall–Kier alpha value is -2.77. The zero-order chi connectivity index (χ0) is 30.2. The third-order valence-electron chi connectivity index (χ3n) is 9.26. The summed E-state index contributed by atoms with van der Waals surface area (Å²) >= 11 is 0. The molecule has 1 atom stereocenters. The van der Waals surface area contributed by atoms with Gasteiger partial charge in [-0.25, -0.2) is 22.7 Å². The number of hydrogen-bond donors (Lipinski definition) is 0. The van der Waals surface area contributed by atoms with Crippen LogP contribution in [0.5, 0.6) is 0 Å². The van der Waals surface area contributed by atoms with Gasteiger partial charge in [-0.1, -0.05) is 12.1 Å². The van der Waals surface area contributed by atoms with E-state index in [9.17, 15) is 26.4 Å². The molecule has 0 N–H and O–H groups in total. The summed E-state index contributed by atoms with van der Waals surface area (Å²) in [5.74, 6) is 0.665. The van der Waals surface area contributed by atoms with E-state index in [1.807, 2.05) is 11.8 Å². The third-order valence-corrected chi connectivity index (χ3v) is 10.6. The molecule has 5 rings (SSSR count). The summed E-state index contributed by atoms with van der Waals surface area (Å²) in [6.07, 6.45) is 2.43. The average molecular weight is 609 g/mol. The Balaban J connectivity index is 1.17. The van der Waals surface area contributed by atoms with Crippen molar-refractivity contribution in [2.45, 2.75) is 63.2 Å². The van der Waals surface area contributed by atoms with Gasteiger partial charge in [-0.2, -0.15) is 13.2 Å². The molecule has 1 amide bonds. The van der Waals surface area contributed by atoms with Gasteiger partial charge in [-0.3, -0.25) is 4.79 Å². The number of likely N-dealkylation sites (tertiary alicyclic amines) is 2. The van der Waals surface area contributed by atoms with Crippen LogP contribution in [-0.4, -0.2) is 103 Å². The lowest BCUT2D eigenvalue weighted by Crippen LogP contribution is -2.52. The van der Waals surface area contributed by atoms with Gasteiger partial charge in [-0.15, -0.1) is 0 Å². The molecule has 230 valence electrons. The van der Waals surface area contributed by atoms with Gasteiger partial charge in [0.05, 0.1) is 11.8 Å². The molecule has 0 spiro atoms. The zero-order valence-corrected chi connectivity index (χ0v) is 25.2. The van der Waals surface area contributed by atoms with E-state index in [-0.39, 0.29) is 17.9 Å². The number of alkyl halides is 3. The Morgan fingerprint density at radius 3 is 2.19 bits per heavy atom. The van der Waals surface area contributed by atoms with Crippen molar-refractivity contribution in [2.24, 2.45) is 0 Å². The highest BCUT2D eigenvalue weighted by Crippen LogP contribution is 2.35. The van der Waals surface area contributed by atoms with Gasteiger partial charge in [0.25, 0.3) is 5.91 Å². The first-order valence-corrected chi connectivity index (χ1v) is 16.4. The summed E-state index contributed by atoms with van der Waals surface area (Å²) in [7, 11) is -1.54. The summed E-state index contributed by atoms with van der Waals surface area (Å²) < 4.78 is 64.2. The van der Waals surface area contributed by atoms with Crippen molar-refractivity contribution in [3.63, 3.8) is 0 Å². The average Bonchev–Trinajstić information content (AvgIpc) is 3.46. The maximum Gasteiger partial charge on any atom is 0.416 e. The minimum Gasteiger partial charge on any atom is -0.356 e. The van der Waals surface area contributed by atoms with E-state index in [0.717, 1.165) is 68.5 Å². The largest absolute Gasteiger partial charge is 0.416 e. The highest BCUT2D eigenvalue weighted by molar-refractivity contribution is 7.88. The van der Waals surface area contributed by atoms with E-state index in [2.05, 4.69) is 19.8 Å². The molecule has 9 nitrogen and oxygen atoms in total. The van der Waals surface area contributed by atoms with Crippen LogP contribution < -0.4 is 4.90 Å². The van der Waals surface area contributed by atoms with Crippen LogP contribution in [0.1, 0.15) is 65.2 Å². The Kier molecular flexibility index (Phi) is 8.82. The molecule has 42 heavy (non-hydrogen) atoms. The minimum absolute atomic E-state index is 0.0358. The number of sulfonamides is 1. The molecule has 2 aromatic rings. The van der Waals surface area contributed by atoms with Gasteiger partial charge in [0.2, 0.25) is 10.0 Å². The highest BCUT2D eigenvalue weighted by Gasteiger charge is 2.35. The number of rotatable bonds is 6. The lowest BCUT2D eigenvalue weighted by molar-refractivity contribution is -0.137. The van der Waals surface area contributed by atoms with Gasteiger partial charge in [0.15, 0.2) is 0 Å². The number of anilines is 1. The van der Waals surface area contributed by atoms with E-state index >= 15 is 0 Å². The maximum absolute atomic E-state index is 13.5. The molecule has 0 radical (unpaired) electrons. The van der Waals surface area contributed by atoms with E-state index in [0.29, 0.717) is 43.7 Å². The molecule has 3 fully saturated rings. The summed E-state index contributed by atoms with van der Waals surface area (Å²) in [6.45, 7) is 6.12. The molecule has 0 aliphatic carbocycles. The number of aromatic nitrogens is 2.